The average Bonchev–Trinajstić information content (AvgIpc) is 2.31. The molecule has 0 bridgehead atoms. The fourth-order valence-electron chi connectivity index (χ4n) is 1.66. The highest BCUT2D eigenvalue weighted by Crippen LogP contribution is 2.34. The van der Waals surface area contributed by atoms with E-state index in [2.05, 4.69) is 0 Å². The summed E-state index contributed by atoms with van der Waals surface area (Å²) >= 11 is 5.96. The van der Waals surface area contributed by atoms with Gasteiger partial charge in [-0.1, -0.05) is 29.8 Å². The molecule has 0 amide bonds. The van der Waals surface area contributed by atoms with Gasteiger partial charge in [0, 0.05) is 0 Å². The van der Waals surface area contributed by atoms with E-state index in [9.17, 15) is 9.50 Å². The predicted molar refractivity (Wildman–Crippen MR) is 68.6 cm³/mol. The molecule has 0 aliphatic carbocycles. The highest BCUT2D eigenvalue weighted by molar-refractivity contribution is 6.32. The molecule has 2 aromatic carbocycles. The standard InChI is InChI=1S/C14H12ClFO2/c1-9(17)14-11(16)6-4-8-13(14)18-12-7-3-2-5-10(12)15/h2-9,17H,1H3. The summed E-state index contributed by atoms with van der Waals surface area (Å²) in [6, 6.07) is 11.3. The number of hydrogen-bond donors (Lipinski definition) is 1. The first-order valence-corrected chi connectivity index (χ1v) is 5.86. The Hall–Kier alpha value is -1.58. The van der Waals surface area contributed by atoms with Crippen LogP contribution < -0.4 is 4.74 Å². The number of para-hydroxylation sites is 1. The van der Waals surface area contributed by atoms with Gasteiger partial charge in [0.25, 0.3) is 0 Å². The maximum Gasteiger partial charge on any atom is 0.146 e. The third-order valence-electron chi connectivity index (χ3n) is 2.49. The van der Waals surface area contributed by atoms with Crippen molar-refractivity contribution in [1.29, 1.82) is 0 Å². The third kappa shape index (κ3) is 2.63. The molecule has 2 rings (SSSR count). The van der Waals surface area contributed by atoms with Gasteiger partial charge in [-0.05, 0) is 31.2 Å². The molecule has 0 aliphatic rings. The molecule has 0 heterocycles. The van der Waals surface area contributed by atoms with Crippen LogP contribution in [0.15, 0.2) is 42.5 Å². The van der Waals surface area contributed by atoms with Gasteiger partial charge in [0.15, 0.2) is 0 Å². The number of rotatable bonds is 3. The zero-order valence-electron chi connectivity index (χ0n) is 9.73. The smallest absolute Gasteiger partial charge is 0.146 e. The maximum absolute atomic E-state index is 13.6. The SMILES string of the molecule is CC(O)c1c(F)cccc1Oc1ccccc1Cl. The van der Waals surface area contributed by atoms with Gasteiger partial charge in [-0.3, -0.25) is 0 Å². The summed E-state index contributed by atoms with van der Waals surface area (Å²) in [6.45, 7) is 1.48. The van der Waals surface area contributed by atoms with Crippen molar-refractivity contribution in [3.8, 4) is 11.5 Å². The highest BCUT2D eigenvalue weighted by Gasteiger charge is 2.15. The van der Waals surface area contributed by atoms with E-state index >= 15 is 0 Å². The molecule has 0 saturated carbocycles. The molecule has 0 fully saturated rings. The lowest BCUT2D eigenvalue weighted by Gasteiger charge is -2.14. The van der Waals surface area contributed by atoms with Gasteiger partial charge in [0.2, 0.25) is 0 Å². The van der Waals surface area contributed by atoms with Gasteiger partial charge < -0.3 is 9.84 Å². The zero-order chi connectivity index (χ0) is 13.1. The van der Waals surface area contributed by atoms with Crippen LogP contribution in [0.5, 0.6) is 11.5 Å². The Morgan fingerprint density at radius 3 is 2.44 bits per heavy atom. The molecule has 1 atom stereocenters. The summed E-state index contributed by atoms with van der Waals surface area (Å²) in [5.74, 6) is 0.180. The van der Waals surface area contributed by atoms with E-state index in [1.165, 1.54) is 19.1 Å². The molecule has 94 valence electrons. The molecule has 4 heteroatoms. The first-order chi connectivity index (χ1) is 8.59. The van der Waals surface area contributed by atoms with Gasteiger partial charge >= 0.3 is 0 Å². The van der Waals surface area contributed by atoms with Crippen LogP contribution in [-0.4, -0.2) is 5.11 Å². The van der Waals surface area contributed by atoms with Gasteiger partial charge in [-0.15, -0.1) is 0 Å². The topological polar surface area (TPSA) is 29.5 Å². The van der Waals surface area contributed by atoms with E-state index in [-0.39, 0.29) is 11.3 Å². The lowest BCUT2D eigenvalue weighted by molar-refractivity contribution is 0.190. The van der Waals surface area contributed by atoms with E-state index < -0.39 is 11.9 Å². The largest absolute Gasteiger partial charge is 0.455 e. The summed E-state index contributed by atoms with van der Waals surface area (Å²) in [7, 11) is 0. The molecule has 1 N–H and O–H groups in total. The van der Waals surface area contributed by atoms with Crippen molar-refractivity contribution in [3.05, 3.63) is 58.9 Å². The highest BCUT2D eigenvalue weighted by atomic mass is 35.5. The van der Waals surface area contributed by atoms with E-state index in [1.54, 1.807) is 30.3 Å². The van der Waals surface area contributed by atoms with Crippen LogP contribution in [0, 0.1) is 5.82 Å². The Labute approximate surface area is 110 Å². The lowest BCUT2D eigenvalue weighted by Crippen LogP contribution is -2.00. The molecule has 1 unspecified atom stereocenters. The molecule has 0 aliphatic heterocycles. The number of halogens is 2. The molecular formula is C14H12ClFO2. The normalized spacial score (nSPS) is 12.2. The van der Waals surface area contributed by atoms with Crippen molar-refractivity contribution < 1.29 is 14.2 Å². The fourth-order valence-corrected chi connectivity index (χ4v) is 1.83. The molecular weight excluding hydrogens is 255 g/mol. The Morgan fingerprint density at radius 1 is 1.11 bits per heavy atom. The maximum atomic E-state index is 13.6. The monoisotopic (exact) mass is 266 g/mol. The van der Waals surface area contributed by atoms with Gasteiger partial charge in [-0.25, -0.2) is 4.39 Å². The molecule has 2 aromatic rings. The third-order valence-corrected chi connectivity index (χ3v) is 2.80. The van der Waals surface area contributed by atoms with Crippen LogP contribution in [0.3, 0.4) is 0 Å². The van der Waals surface area contributed by atoms with Gasteiger partial charge in [0.1, 0.15) is 17.3 Å². The Morgan fingerprint density at radius 2 is 1.78 bits per heavy atom. The Balaban J connectivity index is 2.41. The first kappa shape index (κ1) is 12.9. The molecule has 0 saturated heterocycles. The van der Waals surface area contributed by atoms with Crippen LogP contribution in [0.2, 0.25) is 5.02 Å². The van der Waals surface area contributed by atoms with E-state index in [1.807, 2.05) is 0 Å². The molecule has 0 radical (unpaired) electrons. The zero-order valence-corrected chi connectivity index (χ0v) is 10.5. The van der Waals surface area contributed by atoms with E-state index in [0.717, 1.165) is 0 Å². The quantitative estimate of drug-likeness (QED) is 0.896. The number of aliphatic hydroxyl groups is 1. The van der Waals surface area contributed by atoms with Crippen LogP contribution in [0.1, 0.15) is 18.6 Å². The second-order valence-corrected chi connectivity index (χ2v) is 4.27. The fraction of sp³-hybridized carbons (Fsp3) is 0.143. The Kier molecular flexibility index (Phi) is 3.84. The van der Waals surface area contributed by atoms with Crippen molar-refractivity contribution in [2.45, 2.75) is 13.0 Å². The minimum absolute atomic E-state index is 0.123. The molecule has 0 aromatic heterocycles. The number of ether oxygens (including phenoxy) is 1. The van der Waals surface area contributed by atoms with Gasteiger partial charge in [-0.2, -0.15) is 0 Å². The van der Waals surface area contributed by atoms with Gasteiger partial charge in [0.05, 0.1) is 16.7 Å². The van der Waals surface area contributed by atoms with E-state index in [4.69, 9.17) is 16.3 Å². The second kappa shape index (κ2) is 5.38. The van der Waals surface area contributed by atoms with Crippen LogP contribution in [-0.2, 0) is 0 Å². The van der Waals surface area contributed by atoms with Crippen molar-refractivity contribution in [2.75, 3.05) is 0 Å². The first-order valence-electron chi connectivity index (χ1n) is 5.48. The Bertz CT molecular complexity index is 555. The number of hydrogen-bond acceptors (Lipinski definition) is 2. The van der Waals surface area contributed by atoms with Crippen molar-refractivity contribution in [2.24, 2.45) is 0 Å². The van der Waals surface area contributed by atoms with Crippen molar-refractivity contribution in [1.82, 2.24) is 0 Å². The summed E-state index contributed by atoms with van der Waals surface area (Å²) in [6.07, 6.45) is -0.955. The summed E-state index contributed by atoms with van der Waals surface area (Å²) < 4.78 is 19.2. The minimum atomic E-state index is -0.955. The summed E-state index contributed by atoms with van der Waals surface area (Å²) in [5.41, 5.74) is 0.123. The molecule has 18 heavy (non-hydrogen) atoms. The summed E-state index contributed by atoms with van der Waals surface area (Å²) in [5, 5.41) is 10.0. The average molecular weight is 267 g/mol. The number of aliphatic hydroxyl groups excluding tert-OH is 1. The number of benzene rings is 2. The van der Waals surface area contributed by atoms with Crippen molar-refractivity contribution >= 4 is 11.6 Å². The summed E-state index contributed by atoms with van der Waals surface area (Å²) in [4.78, 5) is 0. The van der Waals surface area contributed by atoms with Crippen LogP contribution in [0.4, 0.5) is 4.39 Å². The molecule has 2 nitrogen and oxygen atoms in total. The molecule has 0 spiro atoms. The minimum Gasteiger partial charge on any atom is -0.455 e. The van der Waals surface area contributed by atoms with Crippen molar-refractivity contribution in [3.63, 3.8) is 0 Å². The van der Waals surface area contributed by atoms with E-state index in [0.29, 0.717) is 10.8 Å². The van der Waals surface area contributed by atoms with Crippen LogP contribution >= 0.6 is 11.6 Å². The predicted octanol–water partition coefficient (Wildman–Crippen LogP) is 4.32. The second-order valence-electron chi connectivity index (χ2n) is 3.86. The van der Waals surface area contributed by atoms with Crippen LogP contribution in [0.25, 0.3) is 0 Å². The lowest BCUT2D eigenvalue weighted by atomic mass is 10.1.